The highest BCUT2D eigenvalue weighted by molar-refractivity contribution is 9.10. The van der Waals surface area contributed by atoms with Crippen molar-refractivity contribution in [1.29, 1.82) is 0 Å². The number of non-ortho nitro benzene ring substituents is 1. The van der Waals surface area contributed by atoms with Gasteiger partial charge in [-0.1, -0.05) is 80.4 Å². The fourth-order valence-corrected chi connectivity index (χ4v) is 7.95. The summed E-state index contributed by atoms with van der Waals surface area (Å²) in [5.74, 6) is -1.99. The van der Waals surface area contributed by atoms with Gasteiger partial charge in [-0.3, -0.25) is 19.7 Å². The number of rotatable bonds is 2. The molecule has 2 bridgehead atoms. The predicted octanol–water partition coefficient (Wildman–Crippen LogP) is 5.00. The zero-order chi connectivity index (χ0) is 22.4. The van der Waals surface area contributed by atoms with Gasteiger partial charge in [0.25, 0.3) is 5.69 Å². The molecule has 3 aromatic carbocycles. The van der Waals surface area contributed by atoms with Gasteiger partial charge in [-0.2, -0.15) is 0 Å². The maximum Gasteiger partial charge on any atom is 0.269 e. The van der Waals surface area contributed by atoms with Crippen molar-refractivity contribution in [1.82, 2.24) is 0 Å². The number of nitro groups is 1. The van der Waals surface area contributed by atoms with E-state index in [1.807, 2.05) is 48.5 Å². The SMILES string of the molecule is O=C1[C@@H]2[C@H](C(=O)N1c1ccc([N+](=O)[O-])cc1)C1(Br)c3ccccc3C2(Br)c2ccccc21. The maximum absolute atomic E-state index is 13.8. The minimum Gasteiger partial charge on any atom is -0.274 e. The van der Waals surface area contributed by atoms with Crippen LogP contribution in [-0.4, -0.2) is 16.7 Å². The number of imide groups is 1. The van der Waals surface area contributed by atoms with Gasteiger partial charge in [0.05, 0.1) is 31.1 Å². The van der Waals surface area contributed by atoms with Crippen molar-refractivity contribution in [2.24, 2.45) is 11.8 Å². The molecule has 2 atom stereocenters. The molecule has 1 saturated heterocycles. The summed E-state index contributed by atoms with van der Waals surface area (Å²) >= 11 is 7.90. The van der Waals surface area contributed by atoms with Crippen LogP contribution in [0.3, 0.4) is 0 Å². The van der Waals surface area contributed by atoms with Crippen LogP contribution in [0.15, 0.2) is 72.8 Å². The van der Waals surface area contributed by atoms with E-state index in [2.05, 4.69) is 31.9 Å². The average Bonchev–Trinajstić information content (AvgIpc) is 3.08. The molecule has 8 heteroatoms. The molecule has 3 aliphatic carbocycles. The molecule has 1 aliphatic heterocycles. The van der Waals surface area contributed by atoms with E-state index in [9.17, 15) is 19.7 Å². The van der Waals surface area contributed by atoms with Gasteiger partial charge < -0.3 is 0 Å². The lowest BCUT2D eigenvalue weighted by molar-refractivity contribution is -0.384. The molecule has 32 heavy (non-hydrogen) atoms. The number of halogens is 2. The van der Waals surface area contributed by atoms with Crippen LogP contribution in [0.2, 0.25) is 0 Å². The number of carbonyl (C=O) groups excluding carboxylic acids is 2. The molecule has 0 saturated carbocycles. The van der Waals surface area contributed by atoms with Gasteiger partial charge in [0.1, 0.15) is 0 Å². The Morgan fingerprint density at radius 2 is 1.09 bits per heavy atom. The van der Waals surface area contributed by atoms with Crippen molar-refractivity contribution in [2.45, 2.75) is 8.65 Å². The van der Waals surface area contributed by atoms with Crippen molar-refractivity contribution in [3.8, 4) is 0 Å². The molecular weight excluding hydrogens is 540 g/mol. The molecule has 158 valence electrons. The normalized spacial score (nSPS) is 29.5. The Bertz CT molecular complexity index is 1230. The Morgan fingerprint density at radius 3 is 1.44 bits per heavy atom. The summed E-state index contributed by atoms with van der Waals surface area (Å²) in [7, 11) is 0. The third-order valence-corrected chi connectivity index (χ3v) is 9.60. The van der Waals surface area contributed by atoms with Gasteiger partial charge in [-0.25, -0.2) is 4.90 Å². The molecule has 3 aromatic rings. The smallest absolute Gasteiger partial charge is 0.269 e. The topological polar surface area (TPSA) is 80.5 Å². The summed E-state index contributed by atoms with van der Waals surface area (Å²) in [6, 6.07) is 21.3. The number of anilines is 1. The predicted molar refractivity (Wildman–Crippen MR) is 125 cm³/mol. The molecule has 0 radical (unpaired) electrons. The number of nitro benzene ring substituents is 1. The van der Waals surface area contributed by atoms with Crippen LogP contribution in [0.5, 0.6) is 0 Å². The molecule has 0 spiro atoms. The lowest BCUT2D eigenvalue weighted by Crippen LogP contribution is -2.56. The van der Waals surface area contributed by atoms with E-state index in [1.54, 1.807) is 0 Å². The summed E-state index contributed by atoms with van der Waals surface area (Å²) in [5.41, 5.74) is 4.08. The molecular formula is C24H14Br2N2O4. The van der Waals surface area contributed by atoms with E-state index in [-0.39, 0.29) is 17.5 Å². The van der Waals surface area contributed by atoms with Crippen LogP contribution in [-0.2, 0) is 18.2 Å². The number of hydrogen-bond acceptors (Lipinski definition) is 4. The van der Waals surface area contributed by atoms with E-state index in [4.69, 9.17) is 0 Å². The Hall–Kier alpha value is -2.84. The Kier molecular flexibility index (Phi) is 3.94. The largest absolute Gasteiger partial charge is 0.274 e. The van der Waals surface area contributed by atoms with Crippen molar-refractivity contribution >= 4 is 55.0 Å². The van der Waals surface area contributed by atoms with E-state index in [0.717, 1.165) is 22.3 Å². The molecule has 0 aromatic heterocycles. The van der Waals surface area contributed by atoms with Gasteiger partial charge in [-0.05, 0) is 34.4 Å². The first-order valence-corrected chi connectivity index (χ1v) is 11.6. The van der Waals surface area contributed by atoms with Gasteiger partial charge >= 0.3 is 0 Å². The molecule has 4 aliphatic rings. The van der Waals surface area contributed by atoms with Gasteiger partial charge in [0, 0.05) is 12.1 Å². The summed E-state index contributed by atoms with van der Waals surface area (Å²) in [6.07, 6.45) is 0. The Balaban J connectivity index is 1.60. The minimum atomic E-state index is -0.858. The maximum atomic E-state index is 13.8. The van der Waals surface area contributed by atoms with Gasteiger partial charge in [0.2, 0.25) is 11.8 Å². The van der Waals surface area contributed by atoms with Crippen LogP contribution in [0.1, 0.15) is 22.3 Å². The highest BCUT2D eigenvalue weighted by Crippen LogP contribution is 2.70. The molecule has 1 fully saturated rings. The standard InChI is InChI=1S/C24H14Br2N2O4/c25-23-15-5-1-2-6-16(15)24(26,18-8-4-3-7-17(18)23)20-19(23)21(29)27(22(20)30)13-9-11-14(12-10-13)28(31)32/h1-12,19-20H/t19-,20+,23?,24?. The molecule has 2 amide bonds. The lowest BCUT2D eigenvalue weighted by Gasteiger charge is -2.55. The van der Waals surface area contributed by atoms with Crippen molar-refractivity contribution in [3.63, 3.8) is 0 Å². The highest BCUT2D eigenvalue weighted by Gasteiger charge is 2.72. The number of carbonyl (C=O) groups is 2. The van der Waals surface area contributed by atoms with Gasteiger partial charge in [-0.15, -0.1) is 0 Å². The first kappa shape index (κ1) is 19.8. The molecule has 1 heterocycles. The number of alkyl halides is 2. The molecule has 0 N–H and O–H groups in total. The highest BCUT2D eigenvalue weighted by atomic mass is 79.9. The van der Waals surface area contributed by atoms with Crippen molar-refractivity contribution < 1.29 is 14.5 Å². The molecule has 7 rings (SSSR count). The summed E-state index contributed by atoms with van der Waals surface area (Å²) in [6.45, 7) is 0. The fourth-order valence-electron chi connectivity index (χ4n) is 5.65. The minimum absolute atomic E-state index is 0.0981. The number of hydrogen-bond donors (Lipinski definition) is 0. The second kappa shape index (κ2) is 6.36. The Morgan fingerprint density at radius 1 is 0.719 bits per heavy atom. The number of amides is 2. The quantitative estimate of drug-likeness (QED) is 0.193. The van der Waals surface area contributed by atoms with E-state index >= 15 is 0 Å². The zero-order valence-corrected chi connectivity index (χ0v) is 19.5. The number of benzene rings is 3. The lowest BCUT2D eigenvalue weighted by atomic mass is 9.54. The first-order valence-electron chi connectivity index (χ1n) is 10.0. The van der Waals surface area contributed by atoms with E-state index in [0.29, 0.717) is 5.69 Å². The van der Waals surface area contributed by atoms with Crippen LogP contribution in [0.25, 0.3) is 0 Å². The molecule has 6 nitrogen and oxygen atoms in total. The van der Waals surface area contributed by atoms with Crippen LogP contribution in [0.4, 0.5) is 11.4 Å². The zero-order valence-electron chi connectivity index (χ0n) is 16.4. The monoisotopic (exact) mass is 552 g/mol. The fraction of sp³-hybridized carbons (Fsp3) is 0.167. The van der Waals surface area contributed by atoms with Gasteiger partial charge in [0.15, 0.2) is 0 Å². The van der Waals surface area contributed by atoms with Crippen LogP contribution >= 0.6 is 31.9 Å². The Labute approximate surface area is 199 Å². The first-order chi connectivity index (χ1) is 15.3. The van der Waals surface area contributed by atoms with E-state index in [1.165, 1.54) is 29.2 Å². The van der Waals surface area contributed by atoms with Crippen LogP contribution in [0, 0.1) is 22.0 Å². The van der Waals surface area contributed by atoms with E-state index < -0.39 is 25.4 Å². The average molecular weight is 554 g/mol. The van der Waals surface area contributed by atoms with Crippen molar-refractivity contribution in [2.75, 3.05) is 4.90 Å². The van der Waals surface area contributed by atoms with Crippen molar-refractivity contribution in [3.05, 3.63) is 105 Å². The second-order valence-electron chi connectivity index (χ2n) is 8.26. The third kappa shape index (κ3) is 2.14. The molecule has 0 unspecified atom stereocenters. The summed E-state index contributed by atoms with van der Waals surface area (Å²) in [5, 5.41) is 11.0. The summed E-state index contributed by atoms with van der Waals surface area (Å²) in [4.78, 5) is 39.4. The summed E-state index contributed by atoms with van der Waals surface area (Å²) < 4.78 is -1.72. The van der Waals surface area contributed by atoms with Crippen LogP contribution < -0.4 is 4.90 Å². The third-order valence-electron chi connectivity index (χ3n) is 6.90. The second-order valence-corrected chi connectivity index (χ2v) is 10.8. The number of nitrogens with zero attached hydrogens (tertiary/aromatic N) is 2.